The van der Waals surface area contributed by atoms with Gasteiger partial charge in [0, 0.05) is 20.2 Å². The van der Waals surface area contributed by atoms with E-state index in [2.05, 4.69) is 15.4 Å². The number of thiazole rings is 1. The number of nitrogens with zero attached hydrogens (tertiary/aromatic N) is 4. The fourth-order valence-electron chi connectivity index (χ4n) is 2.56. The van der Waals surface area contributed by atoms with Crippen molar-refractivity contribution in [3.05, 3.63) is 50.6 Å². The Labute approximate surface area is 175 Å². The Morgan fingerprint density at radius 2 is 2.03 bits per heavy atom. The molecule has 0 saturated carbocycles. The Kier molecular flexibility index (Phi) is 6.23. The molecule has 3 aromatic heterocycles. The van der Waals surface area contributed by atoms with Crippen LogP contribution in [0.2, 0.25) is 0 Å². The summed E-state index contributed by atoms with van der Waals surface area (Å²) in [5, 5.41) is 9.41. The Balaban J connectivity index is 1.72. The quantitative estimate of drug-likeness (QED) is 0.647. The van der Waals surface area contributed by atoms with Crippen LogP contribution in [0.1, 0.15) is 22.3 Å². The summed E-state index contributed by atoms with van der Waals surface area (Å²) in [6, 6.07) is 6.97. The van der Waals surface area contributed by atoms with Crippen LogP contribution < -0.4 is 10.9 Å². The van der Waals surface area contributed by atoms with Gasteiger partial charge in [-0.05, 0) is 24.4 Å². The zero-order valence-corrected chi connectivity index (χ0v) is 18.1. The van der Waals surface area contributed by atoms with Crippen molar-refractivity contribution in [2.45, 2.75) is 20.4 Å². The Morgan fingerprint density at radius 3 is 2.69 bits per heavy atom. The highest BCUT2D eigenvalue weighted by Gasteiger charge is 2.21. The lowest BCUT2D eigenvalue weighted by Crippen LogP contribution is -2.30. The van der Waals surface area contributed by atoms with Crippen molar-refractivity contribution in [3.8, 4) is 10.6 Å². The van der Waals surface area contributed by atoms with Gasteiger partial charge in [0.05, 0.1) is 23.0 Å². The van der Waals surface area contributed by atoms with Gasteiger partial charge in [0.2, 0.25) is 5.91 Å². The van der Waals surface area contributed by atoms with Crippen LogP contribution in [0, 0.1) is 12.8 Å². The number of aryl methyl sites for hydroxylation is 1. The van der Waals surface area contributed by atoms with Gasteiger partial charge in [-0.1, -0.05) is 24.3 Å². The van der Waals surface area contributed by atoms with E-state index in [1.165, 1.54) is 27.0 Å². The number of aromatic nitrogens is 3. The maximum atomic E-state index is 12.6. The molecule has 3 heterocycles. The number of thiophene rings is 1. The third-order valence-electron chi connectivity index (χ3n) is 4.16. The minimum Gasteiger partial charge on any atom is -0.344 e. The number of hydrogen-bond acceptors (Lipinski definition) is 7. The highest BCUT2D eigenvalue weighted by Crippen LogP contribution is 2.24. The van der Waals surface area contributed by atoms with E-state index in [-0.39, 0.29) is 23.9 Å². The molecule has 0 aromatic carbocycles. The van der Waals surface area contributed by atoms with Gasteiger partial charge >= 0.3 is 0 Å². The van der Waals surface area contributed by atoms with Crippen LogP contribution in [-0.4, -0.2) is 45.6 Å². The Bertz CT molecular complexity index is 1090. The second kappa shape index (κ2) is 8.66. The molecule has 0 aliphatic carbocycles. The van der Waals surface area contributed by atoms with Crippen molar-refractivity contribution < 1.29 is 9.59 Å². The van der Waals surface area contributed by atoms with Crippen molar-refractivity contribution in [1.29, 1.82) is 0 Å². The molecule has 0 aliphatic heterocycles. The average molecular weight is 432 g/mol. The number of nitrogens with one attached hydrogen (secondary N) is 1. The van der Waals surface area contributed by atoms with Crippen molar-refractivity contribution in [3.63, 3.8) is 0 Å². The van der Waals surface area contributed by atoms with E-state index < -0.39 is 5.92 Å². The molecule has 3 rings (SSSR count). The Morgan fingerprint density at radius 1 is 1.28 bits per heavy atom. The largest absolute Gasteiger partial charge is 0.344 e. The van der Waals surface area contributed by atoms with Crippen LogP contribution in [0.3, 0.4) is 0 Å². The summed E-state index contributed by atoms with van der Waals surface area (Å²) < 4.78 is 1.30. The standard InChI is InChI=1S/C19H21N5O3S2/c1-11(10-24-15(25)8-7-13(22-24)14-6-5-9-28-14)17(26)21-19-20-12(2)16(29-19)18(27)23(3)4/h5-9,11H,10H2,1-4H3,(H,20,21,26). The first-order valence-electron chi connectivity index (χ1n) is 8.88. The van der Waals surface area contributed by atoms with Crippen molar-refractivity contribution in [2.75, 3.05) is 19.4 Å². The number of amides is 2. The maximum absolute atomic E-state index is 12.6. The molecular formula is C19H21N5O3S2. The lowest BCUT2D eigenvalue weighted by atomic mass is 10.1. The number of carbonyl (C=O) groups is 2. The molecule has 0 spiro atoms. The van der Waals surface area contributed by atoms with Crippen LogP contribution in [0.15, 0.2) is 34.4 Å². The van der Waals surface area contributed by atoms with Gasteiger partial charge < -0.3 is 10.2 Å². The van der Waals surface area contributed by atoms with Crippen molar-refractivity contribution >= 4 is 39.6 Å². The van der Waals surface area contributed by atoms with Crippen LogP contribution in [-0.2, 0) is 11.3 Å². The third-order valence-corrected chi connectivity index (χ3v) is 6.12. The highest BCUT2D eigenvalue weighted by atomic mass is 32.1. The molecule has 8 nitrogen and oxygen atoms in total. The van der Waals surface area contributed by atoms with Gasteiger partial charge in [0.25, 0.3) is 11.5 Å². The molecule has 0 aliphatic rings. The summed E-state index contributed by atoms with van der Waals surface area (Å²) in [5.41, 5.74) is 0.988. The van der Waals surface area contributed by atoms with Crippen LogP contribution in [0.25, 0.3) is 10.6 Å². The normalized spacial score (nSPS) is 11.9. The first kappa shape index (κ1) is 20.9. The van der Waals surface area contributed by atoms with Crippen LogP contribution in [0.5, 0.6) is 0 Å². The number of hydrogen-bond donors (Lipinski definition) is 1. The number of rotatable bonds is 6. The van der Waals surface area contributed by atoms with Crippen molar-refractivity contribution in [2.24, 2.45) is 5.92 Å². The van der Waals surface area contributed by atoms with Crippen LogP contribution >= 0.6 is 22.7 Å². The lowest BCUT2D eigenvalue weighted by Gasteiger charge is -2.12. The van der Waals surface area contributed by atoms with E-state index in [1.807, 2.05) is 17.5 Å². The second-order valence-electron chi connectivity index (χ2n) is 6.74. The fraction of sp³-hybridized carbons (Fsp3) is 0.316. The van der Waals surface area contributed by atoms with Gasteiger partial charge in [-0.25, -0.2) is 9.67 Å². The molecule has 29 heavy (non-hydrogen) atoms. The molecule has 10 heteroatoms. The summed E-state index contributed by atoms with van der Waals surface area (Å²) >= 11 is 2.67. The van der Waals surface area contributed by atoms with Gasteiger partial charge in [-0.2, -0.15) is 5.10 Å². The highest BCUT2D eigenvalue weighted by molar-refractivity contribution is 7.17. The topological polar surface area (TPSA) is 97.2 Å². The predicted octanol–water partition coefficient (Wildman–Crippen LogP) is 2.71. The smallest absolute Gasteiger partial charge is 0.266 e. The third kappa shape index (κ3) is 4.77. The summed E-state index contributed by atoms with van der Waals surface area (Å²) in [7, 11) is 3.33. The van der Waals surface area contributed by atoms with Gasteiger partial charge in [0.15, 0.2) is 5.13 Å². The minimum absolute atomic E-state index is 0.137. The average Bonchev–Trinajstić information content (AvgIpc) is 3.32. The maximum Gasteiger partial charge on any atom is 0.266 e. The predicted molar refractivity (Wildman–Crippen MR) is 114 cm³/mol. The molecule has 2 amide bonds. The number of carbonyl (C=O) groups excluding carboxylic acids is 2. The molecule has 0 saturated heterocycles. The second-order valence-corrected chi connectivity index (χ2v) is 8.69. The molecule has 0 radical (unpaired) electrons. The molecule has 1 N–H and O–H groups in total. The lowest BCUT2D eigenvalue weighted by molar-refractivity contribution is -0.119. The van der Waals surface area contributed by atoms with Crippen LogP contribution in [0.4, 0.5) is 5.13 Å². The van der Waals surface area contributed by atoms with E-state index in [0.29, 0.717) is 21.4 Å². The van der Waals surface area contributed by atoms with Gasteiger partial charge in [0.1, 0.15) is 10.6 Å². The first-order chi connectivity index (χ1) is 13.8. The van der Waals surface area contributed by atoms with Crippen molar-refractivity contribution in [1.82, 2.24) is 19.7 Å². The number of anilines is 1. The molecule has 0 bridgehead atoms. The first-order valence-corrected chi connectivity index (χ1v) is 10.6. The molecule has 1 unspecified atom stereocenters. The molecule has 3 aromatic rings. The van der Waals surface area contributed by atoms with E-state index in [0.717, 1.165) is 16.2 Å². The summed E-state index contributed by atoms with van der Waals surface area (Å²) in [6.45, 7) is 3.58. The Hall–Kier alpha value is -2.85. The summed E-state index contributed by atoms with van der Waals surface area (Å²) in [5.74, 6) is -0.969. The van der Waals surface area contributed by atoms with Gasteiger partial charge in [-0.15, -0.1) is 11.3 Å². The van der Waals surface area contributed by atoms with E-state index in [4.69, 9.17) is 0 Å². The zero-order chi connectivity index (χ0) is 21.1. The molecule has 0 fully saturated rings. The monoisotopic (exact) mass is 431 g/mol. The van der Waals surface area contributed by atoms with E-state index >= 15 is 0 Å². The molecule has 152 valence electrons. The fourth-order valence-corrected chi connectivity index (χ4v) is 4.24. The summed E-state index contributed by atoms with van der Waals surface area (Å²) in [4.78, 5) is 44.1. The van der Waals surface area contributed by atoms with E-state index in [1.54, 1.807) is 34.0 Å². The summed E-state index contributed by atoms with van der Waals surface area (Å²) in [6.07, 6.45) is 0. The van der Waals surface area contributed by atoms with Gasteiger partial charge in [-0.3, -0.25) is 14.4 Å². The minimum atomic E-state index is -0.518. The van der Waals surface area contributed by atoms with E-state index in [9.17, 15) is 14.4 Å². The zero-order valence-electron chi connectivity index (χ0n) is 16.5. The molecule has 1 atom stereocenters. The SMILES string of the molecule is Cc1nc(NC(=O)C(C)Cn2nc(-c3cccs3)ccc2=O)sc1C(=O)N(C)C. The molecular weight excluding hydrogens is 410 g/mol.